The van der Waals surface area contributed by atoms with E-state index in [1.807, 2.05) is 11.8 Å². The van der Waals surface area contributed by atoms with Gasteiger partial charge in [0.1, 0.15) is 5.82 Å². The minimum absolute atomic E-state index is 0.0938. The van der Waals surface area contributed by atoms with E-state index in [1.165, 1.54) is 6.07 Å². The Hall–Kier alpha value is -1.42. The molecule has 1 aliphatic heterocycles. The van der Waals surface area contributed by atoms with E-state index >= 15 is 0 Å². The molecule has 0 bridgehead atoms. The Bertz CT molecular complexity index is 461. The predicted molar refractivity (Wildman–Crippen MR) is 68.5 cm³/mol. The molecule has 1 heterocycles. The Kier molecular flexibility index (Phi) is 3.66. The first-order valence-electron chi connectivity index (χ1n) is 6.35. The third-order valence-electron chi connectivity index (χ3n) is 3.46. The molecule has 0 radical (unpaired) electrons. The van der Waals surface area contributed by atoms with E-state index in [0.29, 0.717) is 18.5 Å². The normalized spacial score (nSPS) is 23.8. The van der Waals surface area contributed by atoms with Gasteiger partial charge in [-0.1, -0.05) is 19.1 Å². The second-order valence-corrected chi connectivity index (χ2v) is 4.91. The summed E-state index contributed by atoms with van der Waals surface area (Å²) >= 11 is 0. The molecule has 1 saturated heterocycles. The average molecular weight is 250 g/mol. The number of carbonyl (C=O) groups is 1. The second-order valence-electron chi connectivity index (χ2n) is 4.91. The molecule has 0 aliphatic carbocycles. The summed E-state index contributed by atoms with van der Waals surface area (Å²) < 4.78 is 13.3. The summed E-state index contributed by atoms with van der Waals surface area (Å²) in [5, 5.41) is 0. The van der Waals surface area contributed by atoms with E-state index < -0.39 is 0 Å². The van der Waals surface area contributed by atoms with Gasteiger partial charge >= 0.3 is 0 Å². The van der Waals surface area contributed by atoms with Crippen molar-refractivity contribution < 1.29 is 9.18 Å². The van der Waals surface area contributed by atoms with Crippen molar-refractivity contribution in [3.63, 3.8) is 0 Å². The summed E-state index contributed by atoms with van der Waals surface area (Å²) in [6, 6.07) is 4.66. The van der Waals surface area contributed by atoms with Crippen LogP contribution in [0.5, 0.6) is 0 Å². The van der Waals surface area contributed by atoms with Crippen LogP contribution in [0.2, 0.25) is 0 Å². The fourth-order valence-electron chi connectivity index (χ4n) is 2.60. The molecule has 18 heavy (non-hydrogen) atoms. The number of amides is 1. The van der Waals surface area contributed by atoms with Gasteiger partial charge in [0.05, 0.1) is 6.04 Å². The largest absolute Gasteiger partial charge is 0.334 e. The molecule has 1 aliphatic rings. The van der Waals surface area contributed by atoms with Crippen LogP contribution >= 0.6 is 0 Å². The molecule has 3 nitrogen and oxygen atoms in total. The number of likely N-dealkylation sites (tertiary alicyclic amines) is 1. The van der Waals surface area contributed by atoms with Crippen LogP contribution in [-0.2, 0) is 4.79 Å². The number of rotatable bonds is 3. The lowest BCUT2D eigenvalue weighted by Crippen LogP contribution is -2.33. The van der Waals surface area contributed by atoms with Gasteiger partial charge in [0, 0.05) is 19.0 Å². The van der Waals surface area contributed by atoms with Crippen LogP contribution in [0.25, 0.3) is 0 Å². The number of nitrogens with two attached hydrogens (primary N) is 1. The summed E-state index contributed by atoms with van der Waals surface area (Å²) in [6.07, 6.45) is 1.27. The standard InChI is InChI=1S/C14H19FN2O/c1-3-6-17-13(18)8-12(16)14(17)10-4-5-11(15)9(2)7-10/h4-5,7,12,14H,3,6,8,16H2,1-2H3. The maximum Gasteiger partial charge on any atom is 0.224 e. The Balaban J connectivity index is 2.34. The number of hydrogen-bond donors (Lipinski definition) is 1. The van der Waals surface area contributed by atoms with Crippen molar-refractivity contribution >= 4 is 5.91 Å². The third-order valence-corrected chi connectivity index (χ3v) is 3.46. The monoisotopic (exact) mass is 250 g/mol. The SMILES string of the molecule is CCCN1C(=O)CC(N)C1c1ccc(F)c(C)c1. The van der Waals surface area contributed by atoms with E-state index in [-0.39, 0.29) is 23.8 Å². The smallest absolute Gasteiger partial charge is 0.224 e. The maximum absolute atomic E-state index is 13.3. The van der Waals surface area contributed by atoms with Gasteiger partial charge in [-0.05, 0) is 30.5 Å². The van der Waals surface area contributed by atoms with Crippen LogP contribution in [0.1, 0.15) is 36.9 Å². The minimum Gasteiger partial charge on any atom is -0.334 e. The van der Waals surface area contributed by atoms with Gasteiger partial charge in [0.2, 0.25) is 5.91 Å². The predicted octanol–water partition coefficient (Wildman–Crippen LogP) is 2.14. The molecule has 2 rings (SSSR count). The zero-order chi connectivity index (χ0) is 13.3. The zero-order valence-corrected chi connectivity index (χ0v) is 10.8. The second kappa shape index (κ2) is 5.06. The maximum atomic E-state index is 13.3. The molecule has 1 aromatic carbocycles. The molecule has 4 heteroatoms. The molecular weight excluding hydrogens is 231 g/mol. The van der Waals surface area contributed by atoms with Crippen LogP contribution in [0.15, 0.2) is 18.2 Å². The molecule has 0 saturated carbocycles. The highest BCUT2D eigenvalue weighted by atomic mass is 19.1. The minimum atomic E-state index is -0.223. The number of hydrogen-bond acceptors (Lipinski definition) is 2. The van der Waals surface area contributed by atoms with Crippen LogP contribution in [0, 0.1) is 12.7 Å². The van der Waals surface area contributed by atoms with E-state index in [0.717, 1.165) is 12.0 Å². The van der Waals surface area contributed by atoms with Crippen LogP contribution in [0.4, 0.5) is 4.39 Å². The fraction of sp³-hybridized carbons (Fsp3) is 0.500. The van der Waals surface area contributed by atoms with E-state index in [4.69, 9.17) is 5.73 Å². The highest BCUT2D eigenvalue weighted by Crippen LogP contribution is 2.32. The van der Waals surface area contributed by atoms with Gasteiger partial charge < -0.3 is 10.6 Å². The number of benzene rings is 1. The molecule has 0 spiro atoms. The van der Waals surface area contributed by atoms with Crippen molar-refractivity contribution in [3.8, 4) is 0 Å². The lowest BCUT2D eigenvalue weighted by molar-refractivity contribution is -0.129. The van der Waals surface area contributed by atoms with Crippen molar-refractivity contribution in [1.82, 2.24) is 4.90 Å². The number of aryl methyl sites for hydroxylation is 1. The van der Waals surface area contributed by atoms with Crippen LogP contribution in [0.3, 0.4) is 0 Å². The fourth-order valence-corrected chi connectivity index (χ4v) is 2.60. The van der Waals surface area contributed by atoms with Gasteiger partial charge in [-0.25, -0.2) is 4.39 Å². The molecule has 2 unspecified atom stereocenters. The van der Waals surface area contributed by atoms with E-state index in [9.17, 15) is 9.18 Å². The van der Waals surface area contributed by atoms with Crippen molar-refractivity contribution in [2.75, 3.05) is 6.54 Å². The Morgan fingerprint density at radius 1 is 1.50 bits per heavy atom. The van der Waals surface area contributed by atoms with E-state index in [2.05, 4.69) is 0 Å². The molecule has 1 aromatic rings. The van der Waals surface area contributed by atoms with Gasteiger partial charge in [-0.3, -0.25) is 4.79 Å². The van der Waals surface area contributed by atoms with Crippen molar-refractivity contribution in [3.05, 3.63) is 35.1 Å². The Labute approximate surface area is 107 Å². The summed E-state index contributed by atoms with van der Waals surface area (Å²) in [4.78, 5) is 13.7. The van der Waals surface area contributed by atoms with E-state index in [1.54, 1.807) is 19.1 Å². The Morgan fingerprint density at radius 2 is 2.22 bits per heavy atom. The zero-order valence-electron chi connectivity index (χ0n) is 10.8. The van der Waals surface area contributed by atoms with Crippen LogP contribution < -0.4 is 5.73 Å². The van der Waals surface area contributed by atoms with Gasteiger partial charge in [0.15, 0.2) is 0 Å². The number of carbonyl (C=O) groups excluding carboxylic acids is 1. The first-order valence-corrected chi connectivity index (χ1v) is 6.35. The summed E-state index contributed by atoms with van der Waals surface area (Å²) in [5.74, 6) is -0.130. The van der Waals surface area contributed by atoms with Gasteiger partial charge in [-0.2, -0.15) is 0 Å². The molecular formula is C14H19FN2O. The highest BCUT2D eigenvalue weighted by Gasteiger charge is 2.37. The highest BCUT2D eigenvalue weighted by molar-refractivity contribution is 5.80. The van der Waals surface area contributed by atoms with Crippen LogP contribution in [-0.4, -0.2) is 23.4 Å². The number of halogens is 1. The lowest BCUT2D eigenvalue weighted by Gasteiger charge is -2.27. The van der Waals surface area contributed by atoms with Gasteiger partial charge in [-0.15, -0.1) is 0 Å². The van der Waals surface area contributed by atoms with Gasteiger partial charge in [0.25, 0.3) is 0 Å². The third kappa shape index (κ3) is 2.25. The Morgan fingerprint density at radius 3 is 2.83 bits per heavy atom. The van der Waals surface area contributed by atoms with Crippen molar-refractivity contribution in [1.29, 1.82) is 0 Å². The molecule has 0 aromatic heterocycles. The summed E-state index contributed by atoms with van der Waals surface area (Å²) in [7, 11) is 0. The molecule has 2 N–H and O–H groups in total. The molecule has 1 fully saturated rings. The molecule has 2 atom stereocenters. The lowest BCUT2D eigenvalue weighted by atomic mass is 9.99. The summed E-state index contributed by atoms with van der Waals surface area (Å²) in [6.45, 7) is 4.46. The number of nitrogens with zero attached hydrogens (tertiary/aromatic N) is 1. The first kappa shape index (κ1) is 13.0. The average Bonchev–Trinajstić information content (AvgIpc) is 2.59. The topological polar surface area (TPSA) is 46.3 Å². The quantitative estimate of drug-likeness (QED) is 0.893. The first-order chi connectivity index (χ1) is 8.54. The van der Waals surface area contributed by atoms with Crippen molar-refractivity contribution in [2.45, 2.75) is 38.8 Å². The van der Waals surface area contributed by atoms with Crippen molar-refractivity contribution in [2.24, 2.45) is 5.73 Å². The summed E-state index contributed by atoms with van der Waals surface area (Å²) in [5.41, 5.74) is 7.58. The molecule has 1 amide bonds. The molecule has 98 valence electrons.